The first-order valence-electron chi connectivity index (χ1n) is 13.8. The highest BCUT2D eigenvalue weighted by Gasteiger charge is 2.22. The van der Waals surface area contributed by atoms with Gasteiger partial charge in [-0.1, -0.05) is 70.0 Å². The zero-order valence-corrected chi connectivity index (χ0v) is 23.1. The van der Waals surface area contributed by atoms with Gasteiger partial charge in [0.05, 0.1) is 0 Å². The molecule has 0 radical (unpaired) electrons. The molecule has 2 rings (SSSR count). The van der Waals surface area contributed by atoms with Crippen LogP contribution in [0.2, 0.25) is 0 Å². The van der Waals surface area contributed by atoms with Gasteiger partial charge in [0.1, 0.15) is 11.9 Å². The summed E-state index contributed by atoms with van der Waals surface area (Å²) in [6, 6.07) is 13.6. The van der Waals surface area contributed by atoms with Gasteiger partial charge in [-0.25, -0.2) is 9.78 Å². The maximum absolute atomic E-state index is 12.5. The number of pyridine rings is 1. The Hall–Kier alpha value is -2.93. The topological polar surface area (TPSA) is 94.6 Å². The van der Waals surface area contributed by atoms with Crippen LogP contribution in [-0.4, -0.2) is 53.0 Å². The fourth-order valence-electron chi connectivity index (χ4n) is 4.58. The van der Waals surface area contributed by atoms with Gasteiger partial charge < -0.3 is 15.7 Å². The smallest absolute Gasteiger partial charge is 0.326 e. The van der Waals surface area contributed by atoms with E-state index in [9.17, 15) is 14.7 Å². The van der Waals surface area contributed by atoms with E-state index in [0.717, 1.165) is 63.1 Å². The normalized spacial score (nSPS) is 12.1. The minimum Gasteiger partial charge on any atom is -0.480 e. The third kappa shape index (κ3) is 10.9. The number of aromatic nitrogens is 1. The van der Waals surface area contributed by atoms with Crippen LogP contribution in [0.4, 0.5) is 5.82 Å². The third-order valence-electron chi connectivity index (χ3n) is 7.06. The van der Waals surface area contributed by atoms with Gasteiger partial charge in [0.2, 0.25) is 5.91 Å². The van der Waals surface area contributed by atoms with E-state index in [4.69, 9.17) is 4.98 Å². The number of benzene rings is 1. The zero-order valence-electron chi connectivity index (χ0n) is 23.1. The van der Waals surface area contributed by atoms with Crippen molar-refractivity contribution in [3.8, 4) is 0 Å². The van der Waals surface area contributed by atoms with Crippen LogP contribution in [0.15, 0.2) is 42.5 Å². The molecule has 1 atom stereocenters. The molecule has 1 aromatic carbocycles. The van der Waals surface area contributed by atoms with Crippen molar-refractivity contribution < 1.29 is 14.7 Å². The Morgan fingerprint density at radius 1 is 1.00 bits per heavy atom. The number of amides is 1. The molecule has 7 nitrogen and oxygen atoms in total. The molecule has 0 spiro atoms. The van der Waals surface area contributed by atoms with Gasteiger partial charge in [-0.15, -0.1) is 0 Å². The van der Waals surface area contributed by atoms with Crippen LogP contribution < -0.4 is 10.6 Å². The van der Waals surface area contributed by atoms with Gasteiger partial charge in [0.25, 0.3) is 0 Å². The van der Waals surface area contributed by atoms with E-state index in [1.165, 1.54) is 11.1 Å². The Kier molecular flexibility index (Phi) is 13.7. The predicted octanol–water partition coefficient (Wildman–Crippen LogP) is 5.30. The van der Waals surface area contributed by atoms with Crippen LogP contribution in [-0.2, 0) is 29.0 Å². The number of carbonyl (C=O) groups is 2. The summed E-state index contributed by atoms with van der Waals surface area (Å²) in [7, 11) is 1.91. The number of nitrogens with zero attached hydrogens (tertiary/aromatic N) is 2. The fraction of sp³-hybridized carbons (Fsp3) is 0.567. The van der Waals surface area contributed by atoms with Gasteiger partial charge in [0.15, 0.2) is 0 Å². The van der Waals surface area contributed by atoms with Crippen LogP contribution in [0, 0.1) is 5.92 Å². The average molecular weight is 511 g/mol. The number of anilines is 1. The molecule has 1 amide bonds. The molecule has 1 aromatic heterocycles. The molecule has 0 aliphatic carbocycles. The van der Waals surface area contributed by atoms with E-state index in [1.807, 2.05) is 25.2 Å². The summed E-state index contributed by atoms with van der Waals surface area (Å²) in [6.07, 6.45) is 6.44. The van der Waals surface area contributed by atoms with E-state index < -0.39 is 12.0 Å². The number of carboxylic acids is 1. The number of carbonyl (C=O) groups excluding carboxylic acids is 1. The summed E-state index contributed by atoms with van der Waals surface area (Å²) in [5, 5.41) is 15.7. The van der Waals surface area contributed by atoms with Crippen molar-refractivity contribution >= 4 is 17.7 Å². The summed E-state index contributed by atoms with van der Waals surface area (Å²) in [4.78, 5) is 31.4. The predicted molar refractivity (Wildman–Crippen MR) is 151 cm³/mol. The second-order valence-corrected chi connectivity index (χ2v) is 9.77. The molecule has 1 unspecified atom stereocenters. The molecule has 3 N–H and O–H groups in total. The lowest BCUT2D eigenvalue weighted by Gasteiger charge is -2.25. The molecule has 0 aliphatic heterocycles. The van der Waals surface area contributed by atoms with E-state index in [2.05, 4.69) is 60.6 Å². The molecule has 37 heavy (non-hydrogen) atoms. The minimum absolute atomic E-state index is 0.168. The van der Waals surface area contributed by atoms with Crippen LogP contribution in [0.5, 0.6) is 0 Å². The fourth-order valence-corrected chi connectivity index (χ4v) is 4.58. The Labute approximate surface area is 223 Å². The number of carboxylic acid groups (broad SMARTS) is 1. The first-order valence-corrected chi connectivity index (χ1v) is 13.8. The van der Waals surface area contributed by atoms with Gasteiger partial charge in [-0.3, -0.25) is 9.69 Å². The maximum atomic E-state index is 12.5. The lowest BCUT2D eigenvalue weighted by molar-refractivity contribution is -0.142. The maximum Gasteiger partial charge on any atom is 0.326 e. The quantitative estimate of drug-likeness (QED) is 0.236. The van der Waals surface area contributed by atoms with Crippen molar-refractivity contribution in [3.05, 3.63) is 59.3 Å². The van der Waals surface area contributed by atoms with E-state index in [-0.39, 0.29) is 5.91 Å². The minimum atomic E-state index is -0.973. The number of hydrogen-bond acceptors (Lipinski definition) is 5. The Bertz CT molecular complexity index is 947. The molecule has 0 fully saturated rings. The summed E-state index contributed by atoms with van der Waals surface area (Å²) in [5.41, 5.74) is 3.50. The number of rotatable bonds is 18. The third-order valence-corrected chi connectivity index (χ3v) is 7.06. The van der Waals surface area contributed by atoms with Crippen molar-refractivity contribution in [1.82, 2.24) is 15.2 Å². The monoisotopic (exact) mass is 510 g/mol. The summed E-state index contributed by atoms with van der Waals surface area (Å²) >= 11 is 0. The number of hydrogen-bond donors (Lipinski definition) is 3. The highest BCUT2D eigenvalue weighted by atomic mass is 16.4. The summed E-state index contributed by atoms with van der Waals surface area (Å²) in [6.45, 7) is 8.47. The Morgan fingerprint density at radius 3 is 2.35 bits per heavy atom. The van der Waals surface area contributed by atoms with Gasteiger partial charge in [-0.2, -0.15) is 0 Å². The molecule has 2 aromatic rings. The number of aryl methyl sites for hydroxylation is 2. The number of nitrogens with one attached hydrogen (secondary N) is 2. The lowest BCUT2D eigenvalue weighted by atomic mass is 9.99. The van der Waals surface area contributed by atoms with Crippen LogP contribution in [0.3, 0.4) is 0 Å². The Morgan fingerprint density at radius 2 is 1.73 bits per heavy atom. The molecule has 0 saturated heterocycles. The molecule has 0 bridgehead atoms. The summed E-state index contributed by atoms with van der Waals surface area (Å²) in [5.74, 6) is 0.107. The summed E-state index contributed by atoms with van der Waals surface area (Å²) < 4.78 is 0. The largest absolute Gasteiger partial charge is 0.480 e. The van der Waals surface area contributed by atoms with Crippen molar-refractivity contribution in [1.29, 1.82) is 0 Å². The SMILES string of the molecule is CCc1ccc(CCCCN(CCC(NC(=O)CC(CC)CC)C(=O)O)Cc2ccccc2)nc1NC. The highest BCUT2D eigenvalue weighted by molar-refractivity contribution is 5.83. The lowest BCUT2D eigenvalue weighted by Crippen LogP contribution is -2.43. The van der Waals surface area contributed by atoms with Crippen molar-refractivity contribution in [2.75, 3.05) is 25.5 Å². The van der Waals surface area contributed by atoms with E-state index in [0.29, 0.717) is 25.3 Å². The molecular weight excluding hydrogens is 464 g/mol. The second kappa shape index (κ2) is 16.7. The zero-order chi connectivity index (χ0) is 27.0. The molecule has 7 heteroatoms. The standard InChI is InChI=1S/C30H46N4O3/c1-5-23(6-2)21-28(35)33-27(30(36)37)18-20-34(22-24-13-9-8-10-14-24)19-12-11-15-26-17-16-25(7-3)29(31-4)32-26/h8-10,13-14,16-17,23,27H,5-7,11-12,15,18-22H2,1-4H3,(H,31,32)(H,33,35)(H,36,37). The molecular formula is C30H46N4O3. The van der Waals surface area contributed by atoms with Gasteiger partial charge in [-0.05, 0) is 61.8 Å². The van der Waals surface area contributed by atoms with Gasteiger partial charge in [0, 0.05) is 32.3 Å². The van der Waals surface area contributed by atoms with Crippen molar-refractivity contribution in [3.63, 3.8) is 0 Å². The number of aliphatic carboxylic acids is 1. The molecule has 1 heterocycles. The number of unbranched alkanes of at least 4 members (excludes halogenated alkanes) is 1. The van der Waals surface area contributed by atoms with Crippen LogP contribution in [0.25, 0.3) is 0 Å². The Balaban J connectivity index is 1.94. The molecule has 204 valence electrons. The van der Waals surface area contributed by atoms with Crippen molar-refractivity contribution in [2.24, 2.45) is 5.92 Å². The van der Waals surface area contributed by atoms with E-state index >= 15 is 0 Å². The average Bonchev–Trinajstić information content (AvgIpc) is 2.91. The van der Waals surface area contributed by atoms with Gasteiger partial charge >= 0.3 is 5.97 Å². The molecule has 0 saturated carbocycles. The van der Waals surface area contributed by atoms with Crippen LogP contribution in [0.1, 0.15) is 76.1 Å². The first kappa shape index (κ1) is 30.3. The highest BCUT2D eigenvalue weighted by Crippen LogP contribution is 2.16. The van der Waals surface area contributed by atoms with Crippen molar-refractivity contribution in [2.45, 2.75) is 84.7 Å². The second-order valence-electron chi connectivity index (χ2n) is 9.77. The van der Waals surface area contributed by atoms with E-state index in [1.54, 1.807) is 0 Å². The first-order chi connectivity index (χ1) is 17.9. The molecule has 0 aliphatic rings. The van der Waals surface area contributed by atoms with Crippen LogP contribution >= 0.6 is 0 Å².